The summed E-state index contributed by atoms with van der Waals surface area (Å²) >= 11 is 0. The van der Waals surface area contributed by atoms with Crippen molar-refractivity contribution in [2.45, 2.75) is 0 Å². The van der Waals surface area contributed by atoms with Crippen LogP contribution in [0.15, 0.2) is 337 Å². The van der Waals surface area contributed by atoms with Gasteiger partial charge < -0.3 is 8.83 Å². The van der Waals surface area contributed by atoms with Gasteiger partial charge in [0.05, 0.1) is 10.9 Å². The molecule has 0 N–H and O–H groups in total. The van der Waals surface area contributed by atoms with Gasteiger partial charge in [-0.3, -0.25) is 4.98 Å². The summed E-state index contributed by atoms with van der Waals surface area (Å²) in [6.45, 7) is 0. The first kappa shape index (κ1) is 58.2. The lowest BCUT2D eigenvalue weighted by atomic mass is 9.92. The molecule has 10 nitrogen and oxygen atoms in total. The zero-order valence-electron chi connectivity index (χ0n) is 54.6. The first-order valence-electron chi connectivity index (χ1n) is 34.0. The van der Waals surface area contributed by atoms with Crippen LogP contribution in [-0.4, -0.2) is 39.9 Å². The highest BCUT2D eigenvalue weighted by molar-refractivity contribution is 6.20. The molecule has 0 spiro atoms. The molecule has 20 aromatic rings. The van der Waals surface area contributed by atoms with Crippen LogP contribution in [0, 0.1) is 0 Å². The molecular weight excluding hydrogens is 1250 g/mol. The average molecular weight is 1300 g/mol. The molecule has 0 aliphatic rings. The Kier molecular flexibility index (Phi) is 13.7. The third-order valence-electron chi connectivity index (χ3n) is 19.7. The minimum absolute atomic E-state index is 0.570. The van der Waals surface area contributed by atoms with Crippen molar-refractivity contribution in [2.75, 3.05) is 0 Å². The van der Waals surface area contributed by atoms with Gasteiger partial charge in [-0.1, -0.05) is 261 Å². The SMILES string of the molecule is c1ccc(-c2nc(-c3ccccc3)nc(-c3ccc(-c4ccc(-c5ccc6c(-c7ccc(-c8nc(-c9ccccc9)nc(-c9ccc(-c%10ccc(-c%11ccc%12ccccc%12c%11)c%11oc%12cc%13ccccc%13nc%12c%10%11)cc9)n8)cc7)cccc6c5)c5oc6cc7cnccc7cc6c45)cc3)n2)cc1. The minimum Gasteiger partial charge on any atom is -0.455 e. The van der Waals surface area contributed by atoms with Crippen molar-refractivity contribution in [3.8, 4) is 124 Å². The van der Waals surface area contributed by atoms with Crippen LogP contribution in [0.1, 0.15) is 0 Å². The van der Waals surface area contributed by atoms with E-state index < -0.39 is 0 Å². The molecule has 0 atom stereocenters. The molecule has 474 valence electrons. The van der Waals surface area contributed by atoms with Gasteiger partial charge in [0.25, 0.3) is 0 Å². The van der Waals surface area contributed by atoms with Crippen LogP contribution in [-0.2, 0) is 0 Å². The maximum atomic E-state index is 7.03. The molecule has 0 fully saturated rings. The zero-order valence-corrected chi connectivity index (χ0v) is 54.6. The number of nitrogens with zero attached hydrogens (tertiary/aromatic N) is 8. The Hall–Kier alpha value is -14.0. The van der Waals surface area contributed by atoms with E-state index in [0.29, 0.717) is 34.9 Å². The number of aromatic nitrogens is 8. The standard InChI is InChI=1S/C92H54N8O2/c1-4-16-59(17-5-1)87-95-88(60-18-6-2-7-19-60)97-90(96-87)63-36-30-57(31-37-63)74-43-45-76(85-82(74)78-51-66-47-48-93-54-71(66)53-80(78)101-85)69-41-42-73-67(50-69)24-14-25-72(73)56-28-34-62(35-29-56)91-98-89(61-20-8-3-9-21-61)99-92(100-91)64-38-32-58(33-39-64)75-44-46-77(68-40-27-55-15-10-11-22-65(55)49-68)86-83(75)84-81(102-86)52-70-23-12-13-26-79(70)94-84/h1-54H. The first-order chi connectivity index (χ1) is 50.5. The van der Waals surface area contributed by atoms with Crippen molar-refractivity contribution in [2.24, 2.45) is 0 Å². The smallest absolute Gasteiger partial charge is 0.164 e. The van der Waals surface area contributed by atoms with Gasteiger partial charge >= 0.3 is 0 Å². The Morgan fingerprint density at radius 2 is 0.627 bits per heavy atom. The third-order valence-corrected chi connectivity index (χ3v) is 19.7. The molecule has 10 heteroatoms. The maximum Gasteiger partial charge on any atom is 0.164 e. The normalized spacial score (nSPS) is 11.7. The fourth-order valence-electron chi connectivity index (χ4n) is 14.5. The zero-order chi connectivity index (χ0) is 67.2. The predicted octanol–water partition coefficient (Wildman–Crippen LogP) is 23.6. The topological polar surface area (TPSA) is 129 Å². The van der Waals surface area contributed by atoms with E-state index in [2.05, 4.69) is 217 Å². The summed E-state index contributed by atoms with van der Waals surface area (Å²) in [7, 11) is 0. The van der Waals surface area contributed by atoms with Gasteiger partial charge in [0.15, 0.2) is 40.5 Å². The number of hydrogen-bond donors (Lipinski definition) is 0. The van der Waals surface area contributed by atoms with Gasteiger partial charge in [-0.25, -0.2) is 34.9 Å². The lowest BCUT2D eigenvalue weighted by molar-refractivity contribution is 0.670. The van der Waals surface area contributed by atoms with Gasteiger partial charge in [0.1, 0.15) is 22.3 Å². The van der Waals surface area contributed by atoms with Crippen LogP contribution in [0.3, 0.4) is 0 Å². The van der Waals surface area contributed by atoms with Crippen molar-refractivity contribution in [1.82, 2.24) is 39.9 Å². The van der Waals surface area contributed by atoms with E-state index in [4.69, 9.17) is 43.7 Å². The maximum absolute atomic E-state index is 7.03. The van der Waals surface area contributed by atoms with E-state index in [-0.39, 0.29) is 0 Å². The first-order valence-corrected chi connectivity index (χ1v) is 34.0. The lowest BCUT2D eigenvalue weighted by Gasteiger charge is -2.12. The van der Waals surface area contributed by atoms with Gasteiger partial charge in [-0.15, -0.1) is 0 Å². The molecule has 14 aromatic carbocycles. The van der Waals surface area contributed by atoms with Crippen molar-refractivity contribution in [1.29, 1.82) is 0 Å². The van der Waals surface area contributed by atoms with E-state index in [0.717, 1.165) is 165 Å². The summed E-state index contributed by atoms with van der Waals surface area (Å²) in [6, 6.07) is 110. The highest BCUT2D eigenvalue weighted by Gasteiger charge is 2.23. The van der Waals surface area contributed by atoms with E-state index >= 15 is 0 Å². The Labute approximate surface area is 584 Å². The largest absolute Gasteiger partial charge is 0.455 e. The van der Waals surface area contributed by atoms with Crippen molar-refractivity contribution >= 4 is 87.2 Å². The van der Waals surface area contributed by atoms with Crippen LogP contribution in [0.4, 0.5) is 0 Å². The van der Waals surface area contributed by atoms with Crippen LogP contribution >= 0.6 is 0 Å². The van der Waals surface area contributed by atoms with Crippen LogP contribution in [0.25, 0.3) is 211 Å². The Bertz CT molecular complexity index is 6660. The molecule has 0 unspecified atom stereocenters. The molecule has 0 aliphatic heterocycles. The second-order valence-corrected chi connectivity index (χ2v) is 25.8. The average Bonchev–Trinajstić information content (AvgIpc) is 1.57. The molecule has 0 radical (unpaired) electrons. The van der Waals surface area contributed by atoms with E-state index in [1.165, 1.54) is 10.8 Å². The monoisotopic (exact) mass is 1300 g/mol. The molecule has 6 aromatic heterocycles. The molecule has 20 rings (SSSR count). The van der Waals surface area contributed by atoms with E-state index in [1.807, 2.05) is 116 Å². The highest BCUT2D eigenvalue weighted by atomic mass is 16.3. The number of pyridine rings is 2. The molecular formula is C92H54N8O2. The predicted molar refractivity (Wildman–Crippen MR) is 413 cm³/mol. The fraction of sp³-hybridized carbons (Fsp3) is 0. The Morgan fingerprint density at radius 3 is 1.21 bits per heavy atom. The summed E-state index contributed by atoms with van der Waals surface area (Å²) in [5, 5.41) is 10.7. The third kappa shape index (κ3) is 10.2. The van der Waals surface area contributed by atoms with E-state index in [1.54, 1.807) is 0 Å². The summed E-state index contributed by atoms with van der Waals surface area (Å²) in [4.78, 5) is 40.2. The molecule has 0 saturated carbocycles. The lowest BCUT2D eigenvalue weighted by Crippen LogP contribution is -2.00. The Balaban J connectivity index is 0.632. The van der Waals surface area contributed by atoms with Gasteiger partial charge in [0.2, 0.25) is 0 Å². The van der Waals surface area contributed by atoms with Crippen LogP contribution in [0.5, 0.6) is 0 Å². The van der Waals surface area contributed by atoms with E-state index in [9.17, 15) is 0 Å². The second-order valence-electron chi connectivity index (χ2n) is 25.8. The molecule has 102 heavy (non-hydrogen) atoms. The van der Waals surface area contributed by atoms with Crippen LogP contribution < -0.4 is 0 Å². The highest BCUT2D eigenvalue weighted by Crippen LogP contribution is 2.46. The number of rotatable bonds is 11. The molecule has 0 amide bonds. The van der Waals surface area contributed by atoms with Crippen molar-refractivity contribution < 1.29 is 8.83 Å². The van der Waals surface area contributed by atoms with Gasteiger partial charge in [-0.2, -0.15) is 0 Å². The number of hydrogen-bond acceptors (Lipinski definition) is 10. The molecule has 0 bridgehead atoms. The van der Waals surface area contributed by atoms with Gasteiger partial charge in [0, 0.05) is 78.4 Å². The summed E-state index contributed by atoms with van der Waals surface area (Å²) in [5.41, 5.74) is 20.7. The number of fused-ring (bicyclic) bond motifs is 10. The quantitative estimate of drug-likeness (QED) is 0.123. The fourth-order valence-corrected chi connectivity index (χ4v) is 14.5. The number of benzene rings is 14. The summed E-state index contributed by atoms with van der Waals surface area (Å²) < 4.78 is 13.9. The van der Waals surface area contributed by atoms with Gasteiger partial charge in [-0.05, 0) is 126 Å². The number of para-hydroxylation sites is 1. The van der Waals surface area contributed by atoms with Crippen LogP contribution in [0.2, 0.25) is 0 Å². The molecule has 0 saturated heterocycles. The molecule has 0 aliphatic carbocycles. The molecule has 6 heterocycles. The summed E-state index contributed by atoms with van der Waals surface area (Å²) in [5.74, 6) is 3.57. The second kappa shape index (κ2) is 23.9. The number of furan rings is 2. The van der Waals surface area contributed by atoms with Crippen molar-refractivity contribution in [3.63, 3.8) is 0 Å². The Morgan fingerprint density at radius 1 is 0.216 bits per heavy atom. The minimum atomic E-state index is 0.570. The summed E-state index contributed by atoms with van der Waals surface area (Å²) in [6.07, 6.45) is 3.73. The van der Waals surface area contributed by atoms with Crippen molar-refractivity contribution in [3.05, 3.63) is 328 Å².